The minimum absolute atomic E-state index is 0.530. The molecule has 0 aromatic heterocycles. The third-order valence-corrected chi connectivity index (χ3v) is 2.51. The first-order chi connectivity index (χ1) is 6.36. The van der Waals surface area contributed by atoms with Crippen molar-refractivity contribution in [3.63, 3.8) is 0 Å². The van der Waals surface area contributed by atoms with Gasteiger partial charge in [-0.05, 0) is 17.6 Å². The maximum Gasteiger partial charge on any atom is 0.0678 e. The van der Waals surface area contributed by atoms with Crippen LogP contribution < -0.4 is 0 Å². The Morgan fingerprint density at radius 2 is 2.08 bits per heavy atom. The lowest BCUT2D eigenvalue weighted by Crippen LogP contribution is -2.05. The predicted octanol–water partition coefficient (Wildman–Crippen LogP) is 2.43. The van der Waals surface area contributed by atoms with Crippen LogP contribution in [0.3, 0.4) is 0 Å². The first kappa shape index (κ1) is 8.52. The van der Waals surface area contributed by atoms with Gasteiger partial charge in [0.2, 0.25) is 0 Å². The second-order valence-corrected chi connectivity index (χ2v) is 3.56. The molecule has 1 heteroatoms. The standard InChI is InChI=1S/C12H14O/c1-10-8-13-9-12(10)7-11-5-3-2-4-6-11/h2-6,12H,1,7-9H2. The van der Waals surface area contributed by atoms with Crippen LogP contribution in [0.4, 0.5) is 0 Å². The third kappa shape index (κ3) is 1.99. The second kappa shape index (κ2) is 3.75. The van der Waals surface area contributed by atoms with E-state index in [0.717, 1.165) is 19.6 Å². The third-order valence-electron chi connectivity index (χ3n) is 2.51. The molecule has 0 amide bonds. The molecule has 0 N–H and O–H groups in total. The molecule has 1 heterocycles. The van der Waals surface area contributed by atoms with Crippen LogP contribution in [0.15, 0.2) is 42.5 Å². The Kier molecular flexibility index (Phi) is 2.46. The fraction of sp³-hybridized carbons (Fsp3) is 0.333. The van der Waals surface area contributed by atoms with Gasteiger partial charge in [-0.1, -0.05) is 36.9 Å². The lowest BCUT2D eigenvalue weighted by molar-refractivity contribution is 0.188. The number of hydrogen-bond donors (Lipinski definition) is 0. The highest BCUT2D eigenvalue weighted by Gasteiger charge is 2.19. The summed E-state index contributed by atoms with van der Waals surface area (Å²) in [4.78, 5) is 0. The molecule has 68 valence electrons. The Morgan fingerprint density at radius 3 is 2.69 bits per heavy atom. The highest BCUT2D eigenvalue weighted by Crippen LogP contribution is 2.21. The van der Waals surface area contributed by atoms with Gasteiger partial charge in [-0.25, -0.2) is 0 Å². The predicted molar refractivity (Wildman–Crippen MR) is 53.6 cm³/mol. The number of rotatable bonds is 2. The van der Waals surface area contributed by atoms with E-state index in [1.54, 1.807) is 0 Å². The van der Waals surface area contributed by atoms with Crippen molar-refractivity contribution >= 4 is 0 Å². The first-order valence-electron chi connectivity index (χ1n) is 4.65. The van der Waals surface area contributed by atoms with Crippen molar-refractivity contribution in [1.82, 2.24) is 0 Å². The van der Waals surface area contributed by atoms with Gasteiger partial charge in [0.1, 0.15) is 0 Å². The Balaban J connectivity index is 2.02. The van der Waals surface area contributed by atoms with Crippen molar-refractivity contribution in [1.29, 1.82) is 0 Å². The molecule has 1 aromatic rings. The summed E-state index contributed by atoms with van der Waals surface area (Å²) in [6, 6.07) is 10.5. The Labute approximate surface area is 79.0 Å². The van der Waals surface area contributed by atoms with Crippen LogP contribution in [0.25, 0.3) is 0 Å². The lowest BCUT2D eigenvalue weighted by Gasteiger charge is -2.08. The molecule has 1 atom stereocenters. The molecular formula is C12H14O. The molecule has 1 aromatic carbocycles. The van der Waals surface area contributed by atoms with Crippen LogP contribution in [-0.2, 0) is 11.2 Å². The van der Waals surface area contributed by atoms with Crippen molar-refractivity contribution in [2.75, 3.05) is 13.2 Å². The fourth-order valence-electron chi connectivity index (χ4n) is 1.67. The average molecular weight is 174 g/mol. The molecular weight excluding hydrogens is 160 g/mol. The van der Waals surface area contributed by atoms with Gasteiger partial charge in [-0.15, -0.1) is 0 Å². The van der Waals surface area contributed by atoms with E-state index in [1.807, 2.05) is 6.07 Å². The molecule has 0 bridgehead atoms. The Hall–Kier alpha value is -1.08. The summed E-state index contributed by atoms with van der Waals surface area (Å²) in [7, 11) is 0. The molecule has 1 unspecified atom stereocenters. The highest BCUT2D eigenvalue weighted by molar-refractivity contribution is 5.19. The van der Waals surface area contributed by atoms with Crippen LogP contribution in [0.2, 0.25) is 0 Å². The summed E-state index contributed by atoms with van der Waals surface area (Å²) >= 11 is 0. The highest BCUT2D eigenvalue weighted by atomic mass is 16.5. The van der Waals surface area contributed by atoms with E-state index < -0.39 is 0 Å². The molecule has 13 heavy (non-hydrogen) atoms. The van der Waals surface area contributed by atoms with Crippen molar-refractivity contribution in [3.8, 4) is 0 Å². The molecule has 0 saturated carbocycles. The van der Waals surface area contributed by atoms with Crippen LogP contribution >= 0.6 is 0 Å². The normalized spacial score (nSPS) is 22.2. The minimum atomic E-state index is 0.530. The van der Waals surface area contributed by atoms with Gasteiger partial charge >= 0.3 is 0 Å². The number of benzene rings is 1. The van der Waals surface area contributed by atoms with Crippen molar-refractivity contribution < 1.29 is 4.74 Å². The topological polar surface area (TPSA) is 9.23 Å². The molecule has 2 rings (SSSR count). The molecule has 1 nitrogen and oxygen atoms in total. The zero-order valence-electron chi connectivity index (χ0n) is 7.70. The zero-order valence-corrected chi connectivity index (χ0v) is 7.70. The Bertz CT molecular complexity index is 289. The van der Waals surface area contributed by atoms with E-state index in [4.69, 9.17) is 4.74 Å². The van der Waals surface area contributed by atoms with Crippen LogP contribution in [0.1, 0.15) is 5.56 Å². The molecule has 1 aliphatic rings. The van der Waals surface area contributed by atoms with E-state index >= 15 is 0 Å². The summed E-state index contributed by atoms with van der Waals surface area (Å²) in [6.45, 7) is 5.60. The molecule has 1 aliphatic heterocycles. The van der Waals surface area contributed by atoms with Gasteiger partial charge in [0, 0.05) is 5.92 Å². The van der Waals surface area contributed by atoms with Crippen LogP contribution in [0, 0.1) is 5.92 Å². The summed E-state index contributed by atoms with van der Waals surface area (Å²) < 4.78 is 5.34. The molecule has 1 saturated heterocycles. The zero-order chi connectivity index (χ0) is 9.10. The van der Waals surface area contributed by atoms with Gasteiger partial charge in [-0.3, -0.25) is 0 Å². The van der Waals surface area contributed by atoms with E-state index in [-0.39, 0.29) is 0 Å². The molecule has 0 aliphatic carbocycles. The second-order valence-electron chi connectivity index (χ2n) is 3.56. The first-order valence-corrected chi connectivity index (χ1v) is 4.65. The van der Waals surface area contributed by atoms with Crippen molar-refractivity contribution in [3.05, 3.63) is 48.0 Å². The number of ether oxygens (including phenoxy) is 1. The van der Waals surface area contributed by atoms with Crippen molar-refractivity contribution in [2.45, 2.75) is 6.42 Å². The quantitative estimate of drug-likeness (QED) is 0.626. The monoisotopic (exact) mass is 174 g/mol. The van der Waals surface area contributed by atoms with E-state index in [2.05, 4.69) is 30.8 Å². The fourth-order valence-corrected chi connectivity index (χ4v) is 1.67. The minimum Gasteiger partial charge on any atom is -0.376 e. The van der Waals surface area contributed by atoms with Gasteiger partial charge < -0.3 is 4.74 Å². The van der Waals surface area contributed by atoms with Gasteiger partial charge in [-0.2, -0.15) is 0 Å². The summed E-state index contributed by atoms with van der Waals surface area (Å²) in [6.07, 6.45) is 1.07. The van der Waals surface area contributed by atoms with Gasteiger partial charge in [0.05, 0.1) is 13.2 Å². The summed E-state index contributed by atoms with van der Waals surface area (Å²) in [5.41, 5.74) is 2.61. The summed E-state index contributed by atoms with van der Waals surface area (Å²) in [5, 5.41) is 0. The van der Waals surface area contributed by atoms with Crippen LogP contribution in [-0.4, -0.2) is 13.2 Å². The lowest BCUT2D eigenvalue weighted by atomic mass is 9.96. The van der Waals surface area contributed by atoms with E-state index in [0.29, 0.717) is 5.92 Å². The SMILES string of the molecule is C=C1COCC1Cc1ccccc1. The largest absolute Gasteiger partial charge is 0.376 e. The summed E-state index contributed by atoms with van der Waals surface area (Å²) in [5.74, 6) is 0.530. The van der Waals surface area contributed by atoms with Gasteiger partial charge in [0.25, 0.3) is 0 Å². The van der Waals surface area contributed by atoms with Crippen LogP contribution in [0.5, 0.6) is 0 Å². The molecule has 0 spiro atoms. The van der Waals surface area contributed by atoms with Gasteiger partial charge in [0.15, 0.2) is 0 Å². The van der Waals surface area contributed by atoms with Crippen molar-refractivity contribution in [2.24, 2.45) is 5.92 Å². The molecule has 0 radical (unpaired) electrons. The smallest absolute Gasteiger partial charge is 0.0678 e. The van der Waals surface area contributed by atoms with E-state index in [1.165, 1.54) is 11.1 Å². The maximum atomic E-state index is 5.34. The number of hydrogen-bond acceptors (Lipinski definition) is 1. The average Bonchev–Trinajstić information content (AvgIpc) is 2.54. The molecule has 1 fully saturated rings. The Morgan fingerprint density at radius 1 is 1.31 bits per heavy atom. The van der Waals surface area contributed by atoms with E-state index in [9.17, 15) is 0 Å². The maximum absolute atomic E-state index is 5.34.